The summed E-state index contributed by atoms with van der Waals surface area (Å²) in [4.78, 5) is 24.5. The highest BCUT2D eigenvalue weighted by Gasteiger charge is 2.18. The van der Waals surface area contributed by atoms with E-state index in [1.807, 2.05) is 6.08 Å². The Morgan fingerprint density at radius 3 is 1.13 bits per heavy atom. The van der Waals surface area contributed by atoms with Crippen LogP contribution in [0, 0.1) is 0 Å². The molecule has 0 aliphatic heterocycles. The van der Waals surface area contributed by atoms with Crippen molar-refractivity contribution >= 4 is 11.9 Å². The summed E-state index contributed by atoms with van der Waals surface area (Å²) in [6.07, 6.45) is 73.0. The van der Waals surface area contributed by atoms with Gasteiger partial charge >= 0.3 is 5.97 Å². The molecule has 68 heavy (non-hydrogen) atoms. The molecule has 0 bridgehead atoms. The molecule has 2 unspecified atom stereocenters. The van der Waals surface area contributed by atoms with Crippen LogP contribution in [0.3, 0.4) is 0 Å². The minimum Gasteiger partial charge on any atom is -0.465 e. The number of hydrogen-bond donors (Lipinski definition) is 3. The Kier molecular flexibility index (Phi) is 55.6. The van der Waals surface area contributed by atoms with Crippen LogP contribution in [0.2, 0.25) is 0 Å². The third kappa shape index (κ3) is 53.2. The average molecular weight is 955 g/mol. The van der Waals surface area contributed by atoms with Gasteiger partial charge in [0.05, 0.1) is 25.4 Å². The molecule has 1 amide bonds. The monoisotopic (exact) mass is 954 g/mol. The number of ether oxygens (including phenoxy) is 1. The van der Waals surface area contributed by atoms with Crippen LogP contribution in [-0.2, 0) is 14.3 Å². The van der Waals surface area contributed by atoms with Crippen LogP contribution in [0.5, 0.6) is 0 Å². The molecule has 3 N–H and O–H groups in total. The first-order valence-electron chi connectivity index (χ1n) is 29.9. The van der Waals surface area contributed by atoms with Crippen LogP contribution in [0.25, 0.3) is 0 Å². The zero-order chi connectivity index (χ0) is 49.3. The van der Waals surface area contributed by atoms with E-state index < -0.39 is 12.1 Å². The summed E-state index contributed by atoms with van der Waals surface area (Å²) in [5.74, 6) is -0.113. The number of allylic oxidation sites excluding steroid dienone is 6. The van der Waals surface area contributed by atoms with Crippen LogP contribution in [0.1, 0.15) is 309 Å². The number of carbonyl (C=O) groups is 2. The molecule has 0 saturated heterocycles. The Morgan fingerprint density at radius 2 is 0.735 bits per heavy atom. The van der Waals surface area contributed by atoms with E-state index in [2.05, 4.69) is 55.6 Å². The maximum Gasteiger partial charge on any atom is 0.305 e. The maximum atomic E-state index is 12.4. The minimum atomic E-state index is -0.848. The second-order valence-electron chi connectivity index (χ2n) is 20.3. The number of hydrogen-bond acceptors (Lipinski definition) is 5. The Morgan fingerprint density at radius 1 is 0.412 bits per heavy atom. The van der Waals surface area contributed by atoms with Crippen molar-refractivity contribution in [3.05, 3.63) is 48.6 Å². The van der Waals surface area contributed by atoms with Gasteiger partial charge in [-0.15, -0.1) is 0 Å². The highest BCUT2D eigenvalue weighted by Crippen LogP contribution is 2.16. The van der Waals surface area contributed by atoms with Crippen molar-refractivity contribution in [1.82, 2.24) is 5.32 Å². The van der Waals surface area contributed by atoms with Gasteiger partial charge in [0.25, 0.3) is 0 Å². The standard InChI is InChI=1S/C62H115NO5/c1-3-5-7-9-11-13-15-17-18-24-28-32-36-40-44-48-52-56-62(67)68-57-53-49-45-41-37-33-29-26-23-21-19-20-22-25-27-31-35-39-43-47-51-55-61(66)63-59(58-64)60(65)54-50-46-42-38-34-30-16-14-12-10-8-6-4-2/h17-18,33,37,45,49-50,54,59-60,64-65H,3-16,19-32,34-36,38-44,46-48,51-53,55-58H2,1-2H3,(H,63,66)/b18-17-,37-33-,49-45-,54-50+. The zero-order valence-electron chi connectivity index (χ0n) is 45.3. The molecule has 398 valence electrons. The van der Waals surface area contributed by atoms with Crippen molar-refractivity contribution < 1.29 is 24.5 Å². The SMILES string of the molecule is CCCCCCCC/C=C\CCCCCCCCCC(=O)OCC/C=C\C/C=C\CCCCCCCCCCCCCCCCC(=O)NC(CO)C(O)/C=C/CCCCCCCCCCCCC. The second-order valence-corrected chi connectivity index (χ2v) is 20.3. The van der Waals surface area contributed by atoms with E-state index in [1.54, 1.807) is 6.08 Å². The fraction of sp³-hybridized carbons (Fsp3) is 0.839. The van der Waals surface area contributed by atoms with Crippen LogP contribution in [-0.4, -0.2) is 47.4 Å². The number of aliphatic hydroxyl groups excluding tert-OH is 2. The lowest BCUT2D eigenvalue weighted by Gasteiger charge is -2.20. The van der Waals surface area contributed by atoms with Gasteiger partial charge in [0, 0.05) is 12.8 Å². The Balaban J connectivity index is 3.47. The van der Waals surface area contributed by atoms with Crippen LogP contribution < -0.4 is 5.32 Å². The number of nitrogens with one attached hydrogen (secondary N) is 1. The molecule has 2 atom stereocenters. The molecule has 6 nitrogen and oxygen atoms in total. The molecular weight excluding hydrogens is 839 g/mol. The lowest BCUT2D eigenvalue weighted by Crippen LogP contribution is -2.45. The fourth-order valence-corrected chi connectivity index (χ4v) is 9.00. The third-order valence-corrected chi connectivity index (χ3v) is 13.6. The number of esters is 1. The quantitative estimate of drug-likeness (QED) is 0.0321. The zero-order valence-corrected chi connectivity index (χ0v) is 45.3. The lowest BCUT2D eigenvalue weighted by atomic mass is 10.0. The first kappa shape index (κ1) is 65.8. The number of unbranched alkanes of at least 4 members (excludes halogenated alkanes) is 38. The van der Waals surface area contributed by atoms with Gasteiger partial charge < -0.3 is 20.3 Å². The summed E-state index contributed by atoms with van der Waals surface area (Å²) in [6.45, 7) is 4.79. The smallest absolute Gasteiger partial charge is 0.305 e. The second kappa shape index (κ2) is 57.4. The highest BCUT2D eigenvalue weighted by atomic mass is 16.5. The van der Waals surface area contributed by atoms with Gasteiger partial charge in [-0.05, 0) is 77.0 Å². The van der Waals surface area contributed by atoms with E-state index in [0.29, 0.717) is 19.4 Å². The van der Waals surface area contributed by atoms with Gasteiger partial charge in [-0.3, -0.25) is 9.59 Å². The number of aliphatic hydroxyl groups is 2. The molecule has 0 aromatic heterocycles. The van der Waals surface area contributed by atoms with Gasteiger partial charge in [0.1, 0.15) is 0 Å². The maximum absolute atomic E-state index is 12.4. The minimum absolute atomic E-state index is 0.0396. The molecule has 0 rings (SSSR count). The molecule has 0 radical (unpaired) electrons. The summed E-state index contributed by atoms with van der Waals surface area (Å²) in [7, 11) is 0. The fourth-order valence-electron chi connectivity index (χ4n) is 9.00. The highest BCUT2D eigenvalue weighted by molar-refractivity contribution is 5.76. The van der Waals surface area contributed by atoms with E-state index in [0.717, 1.165) is 51.4 Å². The molecule has 0 aromatic rings. The van der Waals surface area contributed by atoms with E-state index in [-0.39, 0.29) is 18.5 Å². The number of carbonyl (C=O) groups excluding carboxylic acids is 2. The Bertz CT molecular complexity index is 1150. The van der Waals surface area contributed by atoms with Crippen molar-refractivity contribution in [2.45, 2.75) is 321 Å². The first-order chi connectivity index (χ1) is 33.5. The molecule has 0 aliphatic carbocycles. The molecule has 0 heterocycles. The lowest BCUT2D eigenvalue weighted by molar-refractivity contribution is -0.143. The summed E-state index contributed by atoms with van der Waals surface area (Å²) in [5, 5.41) is 23.1. The van der Waals surface area contributed by atoms with E-state index in [4.69, 9.17) is 4.74 Å². The Hall–Kier alpha value is -2.18. The molecular formula is C62H115NO5. The van der Waals surface area contributed by atoms with Crippen LogP contribution in [0.15, 0.2) is 48.6 Å². The van der Waals surface area contributed by atoms with Crippen molar-refractivity contribution in [2.75, 3.05) is 13.2 Å². The normalized spacial score (nSPS) is 12.9. The first-order valence-corrected chi connectivity index (χ1v) is 29.9. The third-order valence-electron chi connectivity index (χ3n) is 13.6. The molecule has 0 fully saturated rings. The van der Waals surface area contributed by atoms with Gasteiger partial charge in [-0.2, -0.15) is 0 Å². The van der Waals surface area contributed by atoms with Gasteiger partial charge in [0.2, 0.25) is 5.91 Å². The van der Waals surface area contributed by atoms with Gasteiger partial charge in [-0.1, -0.05) is 268 Å². The van der Waals surface area contributed by atoms with E-state index in [9.17, 15) is 19.8 Å². The molecule has 0 aromatic carbocycles. The number of rotatable bonds is 55. The van der Waals surface area contributed by atoms with Crippen molar-refractivity contribution in [3.8, 4) is 0 Å². The van der Waals surface area contributed by atoms with Crippen molar-refractivity contribution in [2.24, 2.45) is 0 Å². The molecule has 6 heteroatoms. The van der Waals surface area contributed by atoms with E-state index in [1.165, 1.54) is 231 Å². The summed E-state index contributed by atoms with van der Waals surface area (Å²) in [6, 6.07) is -0.632. The van der Waals surface area contributed by atoms with Gasteiger partial charge in [-0.25, -0.2) is 0 Å². The van der Waals surface area contributed by atoms with Crippen molar-refractivity contribution in [1.29, 1.82) is 0 Å². The Labute approximate surface area is 423 Å². The summed E-state index contributed by atoms with van der Waals surface area (Å²) < 4.78 is 5.42. The summed E-state index contributed by atoms with van der Waals surface area (Å²) in [5.41, 5.74) is 0. The molecule has 0 saturated carbocycles. The predicted molar refractivity (Wildman–Crippen MR) is 296 cm³/mol. The van der Waals surface area contributed by atoms with Gasteiger partial charge in [0.15, 0.2) is 0 Å². The van der Waals surface area contributed by atoms with Crippen LogP contribution in [0.4, 0.5) is 0 Å². The topological polar surface area (TPSA) is 95.9 Å². The average Bonchev–Trinajstić information content (AvgIpc) is 3.34. The number of amides is 1. The molecule has 0 spiro atoms. The predicted octanol–water partition coefficient (Wildman–Crippen LogP) is 18.6. The van der Waals surface area contributed by atoms with Crippen molar-refractivity contribution in [3.63, 3.8) is 0 Å². The van der Waals surface area contributed by atoms with E-state index >= 15 is 0 Å². The van der Waals surface area contributed by atoms with Crippen LogP contribution >= 0.6 is 0 Å². The molecule has 0 aliphatic rings. The summed E-state index contributed by atoms with van der Waals surface area (Å²) >= 11 is 0. The largest absolute Gasteiger partial charge is 0.465 e.